The molecular weight excluding hydrogens is 525 g/mol. The maximum atomic E-state index is 13.4. The van der Waals surface area contributed by atoms with Crippen molar-refractivity contribution < 1.29 is 22.7 Å². The van der Waals surface area contributed by atoms with Gasteiger partial charge in [-0.2, -0.15) is 0 Å². The standard InChI is InChI=1S/C28H27F3N6O3/c1-18(36-12-10-35(2)11-13-36)26(38)34-24-15-21(6-8-25(24)40-28(29,30)31)37-17-33-23-14-19(5-7-22(23)27(37)39)20-4-3-9-32-16-20/h3-9,14-18H,10-13H2,1-2H3,(H,34,38). The van der Waals surface area contributed by atoms with Gasteiger partial charge in [0.15, 0.2) is 5.75 Å². The summed E-state index contributed by atoms with van der Waals surface area (Å²) in [6.45, 7) is 4.55. The first-order valence-electron chi connectivity index (χ1n) is 12.6. The number of likely N-dealkylation sites (N-methyl/N-ethyl adjacent to an activating group) is 1. The van der Waals surface area contributed by atoms with Gasteiger partial charge in [-0.3, -0.25) is 24.0 Å². The van der Waals surface area contributed by atoms with E-state index in [1.165, 1.54) is 23.0 Å². The molecule has 1 saturated heterocycles. The lowest BCUT2D eigenvalue weighted by Crippen LogP contribution is -2.51. The lowest BCUT2D eigenvalue weighted by atomic mass is 10.1. The molecule has 2 aromatic heterocycles. The van der Waals surface area contributed by atoms with Gasteiger partial charge < -0.3 is 15.0 Å². The number of benzene rings is 2. The van der Waals surface area contributed by atoms with Crippen LogP contribution in [0.3, 0.4) is 0 Å². The SMILES string of the molecule is CC(C(=O)Nc1cc(-n2cnc3cc(-c4cccnc4)ccc3c2=O)ccc1OC(F)(F)F)N1CCN(C)CC1. The number of carbonyl (C=O) groups excluding carboxylic acids is 1. The predicted molar refractivity (Wildman–Crippen MR) is 144 cm³/mol. The van der Waals surface area contributed by atoms with E-state index in [-0.39, 0.29) is 11.4 Å². The fourth-order valence-corrected chi connectivity index (χ4v) is 4.61. The molecule has 0 radical (unpaired) electrons. The van der Waals surface area contributed by atoms with E-state index < -0.39 is 29.6 Å². The molecule has 0 aliphatic carbocycles. The lowest BCUT2D eigenvalue weighted by molar-refractivity contribution is -0.274. The summed E-state index contributed by atoms with van der Waals surface area (Å²) in [5.41, 5.74) is 1.73. The van der Waals surface area contributed by atoms with E-state index in [4.69, 9.17) is 0 Å². The Morgan fingerprint density at radius 2 is 1.82 bits per heavy atom. The molecule has 1 aliphatic rings. The lowest BCUT2D eigenvalue weighted by Gasteiger charge is -2.35. The van der Waals surface area contributed by atoms with Crippen LogP contribution >= 0.6 is 0 Å². The highest BCUT2D eigenvalue weighted by Crippen LogP contribution is 2.32. The second kappa shape index (κ2) is 11.1. The van der Waals surface area contributed by atoms with Crippen molar-refractivity contribution in [3.8, 4) is 22.6 Å². The normalized spacial score (nSPS) is 15.6. The van der Waals surface area contributed by atoms with Gasteiger partial charge in [-0.1, -0.05) is 12.1 Å². The minimum Gasteiger partial charge on any atom is -0.404 e. The maximum absolute atomic E-state index is 13.4. The van der Waals surface area contributed by atoms with Crippen molar-refractivity contribution in [2.75, 3.05) is 38.5 Å². The van der Waals surface area contributed by atoms with Crippen LogP contribution in [0, 0.1) is 0 Å². The molecule has 1 unspecified atom stereocenters. The Hall–Kier alpha value is -4.29. The van der Waals surface area contributed by atoms with E-state index >= 15 is 0 Å². The number of halogens is 3. The van der Waals surface area contributed by atoms with E-state index in [2.05, 4.69) is 24.9 Å². The third-order valence-corrected chi connectivity index (χ3v) is 6.94. The monoisotopic (exact) mass is 552 g/mol. The van der Waals surface area contributed by atoms with Crippen LogP contribution in [0.15, 0.2) is 72.0 Å². The number of hydrogen-bond donors (Lipinski definition) is 1. The van der Waals surface area contributed by atoms with E-state index in [9.17, 15) is 22.8 Å². The molecule has 1 N–H and O–H groups in total. The molecule has 4 aromatic rings. The first kappa shape index (κ1) is 27.3. The highest BCUT2D eigenvalue weighted by Gasteiger charge is 2.33. The van der Waals surface area contributed by atoms with E-state index in [1.54, 1.807) is 43.6 Å². The van der Waals surface area contributed by atoms with Crippen molar-refractivity contribution in [1.29, 1.82) is 0 Å². The highest BCUT2D eigenvalue weighted by atomic mass is 19.4. The molecule has 208 valence electrons. The van der Waals surface area contributed by atoms with Crippen LogP contribution in [0.2, 0.25) is 0 Å². The molecule has 0 bridgehead atoms. The third-order valence-electron chi connectivity index (χ3n) is 6.94. The van der Waals surface area contributed by atoms with Gasteiger partial charge in [0.05, 0.1) is 28.3 Å². The quantitative estimate of drug-likeness (QED) is 0.388. The smallest absolute Gasteiger partial charge is 0.404 e. The molecule has 1 fully saturated rings. The number of aromatic nitrogens is 3. The Morgan fingerprint density at radius 3 is 2.52 bits per heavy atom. The number of piperazine rings is 1. The van der Waals surface area contributed by atoms with Crippen LogP contribution in [0.1, 0.15) is 6.92 Å². The Morgan fingerprint density at radius 1 is 1.05 bits per heavy atom. The minimum absolute atomic E-state index is 0.209. The number of carbonyl (C=O) groups is 1. The van der Waals surface area contributed by atoms with Crippen molar-refractivity contribution in [3.63, 3.8) is 0 Å². The fourth-order valence-electron chi connectivity index (χ4n) is 4.61. The molecule has 2 aromatic carbocycles. The van der Waals surface area contributed by atoms with Gasteiger partial charge in [-0.25, -0.2) is 4.98 Å². The van der Waals surface area contributed by atoms with Gasteiger partial charge in [0.25, 0.3) is 5.56 Å². The van der Waals surface area contributed by atoms with Crippen molar-refractivity contribution in [2.45, 2.75) is 19.3 Å². The number of fused-ring (bicyclic) bond motifs is 1. The summed E-state index contributed by atoms with van der Waals surface area (Å²) in [4.78, 5) is 39.0. The van der Waals surface area contributed by atoms with Gasteiger partial charge in [0, 0.05) is 44.1 Å². The molecule has 5 rings (SSSR count). The summed E-state index contributed by atoms with van der Waals surface area (Å²) in [5, 5.41) is 2.89. The van der Waals surface area contributed by atoms with Gasteiger partial charge >= 0.3 is 6.36 Å². The first-order chi connectivity index (χ1) is 19.1. The summed E-state index contributed by atoms with van der Waals surface area (Å²) in [6, 6.07) is 11.9. The largest absolute Gasteiger partial charge is 0.573 e. The number of rotatable bonds is 6. The molecular formula is C28H27F3N6O3. The van der Waals surface area contributed by atoms with Crippen LogP contribution in [-0.2, 0) is 4.79 Å². The molecule has 1 amide bonds. The number of hydrogen-bond acceptors (Lipinski definition) is 7. The maximum Gasteiger partial charge on any atom is 0.573 e. The molecule has 0 spiro atoms. The van der Waals surface area contributed by atoms with Crippen LogP contribution in [0.4, 0.5) is 18.9 Å². The van der Waals surface area contributed by atoms with Crippen LogP contribution in [0.25, 0.3) is 27.7 Å². The summed E-state index contributed by atoms with van der Waals surface area (Å²) in [5.74, 6) is -1.07. The average molecular weight is 553 g/mol. The van der Waals surface area contributed by atoms with E-state index in [0.29, 0.717) is 24.0 Å². The fraction of sp³-hybridized carbons (Fsp3) is 0.286. The minimum atomic E-state index is -4.97. The van der Waals surface area contributed by atoms with Crippen molar-refractivity contribution in [3.05, 3.63) is 77.6 Å². The summed E-state index contributed by atoms with van der Waals surface area (Å²) in [7, 11) is 1.98. The zero-order valence-electron chi connectivity index (χ0n) is 21.9. The second-order valence-electron chi connectivity index (χ2n) is 9.63. The number of nitrogens with zero attached hydrogens (tertiary/aromatic N) is 5. The first-order valence-corrected chi connectivity index (χ1v) is 12.6. The number of amides is 1. The summed E-state index contributed by atoms with van der Waals surface area (Å²) < 4.78 is 44.8. The Kier molecular flexibility index (Phi) is 7.55. The topological polar surface area (TPSA) is 92.6 Å². The third kappa shape index (κ3) is 5.97. The van der Waals surface area contributed by atoms with Crippen LogP contribution in [-0.4, -0.2) is 75.9 Å². The molecule has 9 nitrogen and oxygen atoms in total. The highest BCUT2D eigenvalue weighted by molar-refractivity contribution is 5.96. The van der Waals surface area contributed by atoms with Crippen LogP contribution < -0.4 is 15.6 Å². The zero-order chi connectivity index (χ0) is 28.4. The van der Waals surface area contributed by atoms with Gasteiger partial charge in [-0.05, 0) is 55.9 Å². The Balaban J connectivity index is 1.47. The molecule has 40 heavy (non-hydrogen) atoms. The van der Waals surface area contributed by atoms with Gasteiger partial charge in [0.2, 0.25) is 5.91 Å². The predicted octanol–water partition coefficient (Wildman–Crippen LogP) is 3.92. The molecule has 0 saturated carbocycles. The van der Waals surface area contributed by atoms with Gasteiger partial charge in [0.1, 0.15) is 6.33 Å². The number of ether oxygens (including phenoxy) is 1. The summed E-state index contributed by atoms with van der Waals surface area (Å²) >= 11 is 0. The molecule has 12 heteroatoms. The van der Waals surface area contributed by atoms with E-state index in [0.717, 1.165) is 30.3 Å². The number of alkyl halides is 3. The molecule has 1 aliphatic heterocycles. The zero-order valence-corrected chi connectivity index (χ0v) is 21.9. The van der Waals surface area contributed by atoms with Crippen molar-refractivity contribution >= 4 is 22.5 Å². The molecule has 1 atom stereocenters. The van der Waals surface area contributed by atoms with Gasteiger partial charge in [-0.15, -0.1) is 13.2 Å². The number of nitrogens with one attached hydrogen (secondary N) is 1. The average Bonchev–Trinajstić information content (AvgIpc) is 2.94. The molecule has 3 heterocycles. The number of anilines is 1. The van der Waals surface area contributed by atoms with Crippen LogP contribution in [0.5, 0.6) is 5.75 Å². The Bertz CT molecular complexity index is 1580. The van der Waals surface area contributed by atoms with E-state index in [1.807, 2.05) is 18.0 Å². The van der Waals surface area contributed by atoms with Crippen molar-refractivity contribution in [1.82, 2.24) is 24.3 Å². The Labute approximate surface area is 227 Å². The number of pyridine rings is 1. The second-order valence-corrected chi connectivity index (χ2v) is 9.63. The van der Waals surface area contributed by atoms with Crippen molar-refractivity contribution in [2.24, 2.45) is 0 Å². The summed E-state index contributed by atoms with van der Waals surface area (Å²) in [6.07, 6.45) is -0.309.